The molecule has 2 rings (SSSR count). The molecule has 1 aromatic carbocycles. The summed E-state index contributed by atoms with van der Waals surface area (Å²) in [5, 5.41) is 8.64. The van der Waals surface area contributed by atoms with Crippen LogP contribution in [-0.4, -0.2) is 50.1 Å². The third-order valence-electron chi connectivity index (χ3n) is 3.95. The van der Waals surface area contributed by atoms with E-state index in [-0.39, 0.29) is 25.6 Å². The Morgan fingerprint density at radius 1 is 1.24 bits per heavy atom. The molecule has 1 saturated heterocycles. The number of rotatable bonds is 9. The number of carboxylic acids is 1. The molecule has 0 aromatic heterocycles. The van der Waals surface area contributed by atoms with Crippen molar-refractivity contribution in [1.82, 2.24) is 0 Å². The Morgan fingerprint density at radius 3 is 2.64 bits per heavy atom. The average Bonchev–Trinajstić information content (AvgIpc) is 2.64. The van der Waals surface area contributed by atoms with E-state index in [0.717, 1.165) is 18.4 Å². The highest BCUT2D eigenvalue weighted by atomic mass is 16.6. The van der Waals surface area contributed by atoms with Crippen molar-refractivity contribution in [2.24, 2.45) is 0 Å². The van der Waals surface area contributed by atoms with Gasteiger partial charge in [0.15, 0.2) is 0 Å². The number of carbonyl (C=O) groups is 2. The van der Waals surface area contributed by atoms with Crippen molar-refractivity contribution in [3.8, 4) is 5.75 Å². The van der Waals surface area contributed by atoms with Crippen molar-refractivity contribution >= 4 is 11.9 Å². The topological polar surface area (TPSA) is 91.3 Å². The zero-order valence-corrected chi connectivity index (χ0v) is 14.3. The zero-order chi connectivity index (χ0) is 18.1. The quantitative estimate of drug-likeness (QED) is 0.682. The highest BCUT2D eigenvalue weighted by molar-refractivity contribution is 5.76. The number of carboxylic acid groups (broad SMARTS) is 1. The molecule has 1 aliphatic heterocycles. The highest BCUT2D eigenvalue weighted by Gasteiger charge is 2.24. The monoisotopic (exact) mass is 352 g/mol. The Balaban J connectivity index is 2.03. The van der Waals surface area contributed by atoms with Crippen LogP contribution in [0.15, 0.2) is 24.3 Å². The number of esters is 1. The minimum absolute atomic E-state index is 0.0101. The number of hydrogen-bond donors (Lipinski definition) is 1. The average molecular weight is 352 g/mol. The van der Waals surface area contributed by atoms with E-state index < -0.39 is 18.0 Å². The van der Waals surface area contributed by atoms with Crippen LogP contribution in [0.4, 0.5) is 0 Å². The second-order valence-corrected chi connectivity index (χ2v) is 5.76. The molecule has 0 aliphatic carbocycles. The molecule has 0 saturated carbocycles. The molecule has 138 valence electrons. The van der Waals surface area contributed by atoms with E-state index in [0.29, 0.717) is 19.0 Å². The Labute approximate surface area is 146 Å². The van der Waals surface area contributed by atoms with Gasteiger partial charge < -0.3 is 24.1 Å². The van der Waals surface area contributed by atoms with Gasteiger partial charge in [-0.05, 0) is 18.9 Å². The molecule has 1 aliphatic rings. The van der Waals surface area contributed by atoms with Crippen molar-refractivity contribution in [3.05, 3.63) is 29.8 Å². The fraction of sp³-hybridized carbons (Fsp3) is 0.556. The zero-order valence-electron chi connectivity index (χ0n) is 14.3. The van der Waals surface area contributed by atoms with Gasteiger partial charge in [0.25, 0.3) is 0 Å². The summed E-state index contributed by atoms with van der Waals surface area (Å²) in [6, 6.07) is 7.41. The second-order valence-electron chi connectivity index (χ2n) is 5.76. The Kier molecular flexibility index (Phi) is 7.69. The van der Waals surface area contributed by atoms with Crippen molar-refractivity contribution in [2.75, 3.05) is 26.9 Å². The Bertz CT molecular complexity index is 566. The predicted octanol–water partition coefficient (Wildman–Crippen LogP) is 2.34. The van der Waals surface area contributed by atoms with E-state index in [1.807, 2.05) is 24.3 Å². The largest absolute Gasteiger partial charge is 0.496 e. The van der Waals surface area contributed by atoms with Crippen LogP contribution >= 0.6 is 0 Å². The molecule has 0 bridgehead atoms. The van der Waals surface area contributed by atoms with E-state index in [9.17, 15) is 9.59 Å². The molecule has 1 atom stereocenters. The maximum Gasteiger partial charge on any atom is 0.306 e. The first-order valence-corrected chi connectivity index (χ1v) is 8.33. The van der Waals surface area contributed by atoms with E-state index >= 15 is 0 Å². The number of carbonyl (C=O) groups excluding carboxylic acids is 1. The van der Waals surface area contributed by atoms with Gasteiger partial charge in [0.1, 0.15) is 18.5 Å². The summed E-state index contributed by atoms with van der Waals surface area (Å²) in [5.74, 6) is -0.935. The summed E-state index contributed by atoms with van der Waals surface area (Å²) < 4.78 is 22.1. The van der Waals surface area contributed by atoms with Crippen LogP contribution in [0.25, 0.3) is 0 Å². The highest BCUT2D eigenvalue weighted by Crippen LogP contribution is 2.30. The predicted molar refractivity (Wildman–Crippen MR) is 88.5 cm³/mol. The molecule has 1 fully saturated rings. The summed E-state index contributed by atoms with van der Waals surface area (Å²) in [7, 11) is 1.57. The van der Waals surface area contributed by atoms with Crippen LogP contribution in [0, 0.1) is 0 Å². The maximum absolute atomic E-state index is 11.7. The van der Waals surface area contributed by atoms with Crippen LogP contribution in [-0.2, 0) is 23.8 Å². The van der Waals surface area contributed by atoms with Gasteiger partial charge in [-0.15, -0.1) is 0 Å². The lowest BCUT2D eigenvalue weighted by molar-refractivity contribution is -0.154. The minimum Gasteiger partial charge on any atom is -0.496 e. The minimum atomic E-state index is -1.03. The van der Waals surface area contributed by atoms with Crippen molar-refractivity contribution in [1.29, 1.82) is 0 Å². The smallest absolute Gasteiger partial charge is 0.306 e. The Hall–Kier alpha value is -2.12. The molecule has 0 amide bonds. The molecule has 25 heavy (non-hydrogen) atoms. The number of methoxy groups -OCH3 is 1. The standard InChI is InChI=1S/C18H24O7/c1-22-15-5-3-2-4-14(15)16(25-13-8-10-23-11-9-13)12-24-18(21)7-6-17(19)20/h2-5,13,16H,6-12H2,1H3,(H,19,20)/t16-/m0/s1. The molecule has 0 radical (unpaired) electrons. The first-order valence-electron chi connectivity index (χ1n) is 8.33. The van der Waals surface area contributed by atoms with Gasteiger partial charge in [0.05, 0.1) is 26.1 Å². The van der Waals surface area contributed by atoms with E-state index in [2.05, 4.69) is 0 Å². The number of aliphatic carboxylic acids is 1. The van der Waals surface area contributed by atoms with Gasteiger partial charge in [-0.2, -0.15) is 0 Å². The van der Waals surface area contributed by atoms with Crippen molar-refractivity contribution in [2.45, 2.75) is 37.9 Å². The van der Waals surface area contributed by atoms with Crippen LogP contribution < -0.4 is 4.74 Å². The maximum atomic E-state index is 11.7. The molecule has 7 heteroatoms. The van der Waals surface area contributed by atoms with Crippen molar-refractivity contribution in [3.63, 3.8) is 0 Å². The molecule has 7 nitrogen and oxygen atoms in total. The summed E-state index contributed by atoms with van der Waals surface area (Å²) in [5.41, 5.74) is 0.794. The summed E-state index contributed by atoms with van der Waals surface area (Å²) in [6.45, 7) is 1.29. The normalized spacial score (nSPS) is 16.2. The van der Waals surface area contributed by atoms with Crippen molar-refractivity contribution < 1.29 is 33.6 Å². The number of hydrogen-bond acceptors (Lipinski definition) is 6. The second kappa shape index (κ2) is 10.0. The summed E-state index contributed by atoms with van der Waals surface area (Å²) in [4.78, 5) is 22.3. The third-order valence-corrected chi connectivity index (χ3v) is 3.95. The summed E-state index contributed by atoms with van der Waals surface area (Å²) in [6.07, 6.45) is 0.677. The van der Waals surface area contributed by atoms with Gasteiger partial charge in [-0.1, -0.05) is 18.2 Å². The molecule has 0 unspecified atom stereocenters. The number of para-hydroxylation sites is 1. The van der Waals surface area contributed by atoms with Crippen LogP contribution in [0.3, 0.4) is 0 Å². The molecule has 1 aromatic rings. The fourth-order valence-corrected chi connectivity index (χ4v) is 2.63. The van der Waals surface area contributed by atoms with E-state index in [1.54, 1.807) is 7.11 Å². The van der Waals surface area contributed by atoms with Gasteiger partial charge in [0, 0.05) is 18.8 Å². The van der Waals surface area contributed by atoms with Crippen LogP contribution in [0.1, 0.15) is 37.4 Å². The van der Waals surface area contributed by atoms with Gasteiger partial charge in [0.2, 0.25) is 0 Å². The molecular formula is C18H24O7. The summed E-state index contributed by atoms with van der Waals surface area (Å²) >= 11 is 0. The molecule has 1 heterocycles. The number of benzene rings is 1. The lowest BCUT2D eigenvalue weighted by Gasteiger charge is -2.28. The van der Waals surface area contributed by atoms with E-state index in [4.69, 9.17) is 24.1 Å². The first kappa shape index (κ1) is 19.2. The third kappa shape index (κ3) is 6.36. The fourth-order valence-electron chi connectivity index (χ4n) is 2.63. The van der Waals surface area contributed by atoms with Gasteiger partial charge >= 0.3 is 11.9 Å². The first-order chi connectivity index (χ1) is 12.1. The lowest BCUT2D eigenvalue weighted by Crippen LogP contribution is -2.27. The van der Waals surface area contributed by atoms with Gasteiger partial charge in [-0.3, -0.25) is 9.59 Å². The lowest BCUT2D eigenvalue weighted by atomic mass is 10.1. The molecular weight excluding hydrogens is 328 g/mol. The van der Waals surface area contributed by atoms with Gasteiger partial charge in [-0.25, -0.2) is 0 Å². The van der Waals surface area contributed by atoms with Crippen LogP contribution in [0.5, 0.6) is 5.75 Å². The molecule has 1 N–H and O–H groups in total. The van der Waals surface area contributed by atoms with E-state index in [1.165, 1.54) is 0 Å². The SMILES string of the molecule is COc1ccccc1[C@H](COC(=O)CCC(=O)O)OC1CCOCC1. The Morgan fingerprint density at radius 2 is 1.96 bits per heavy atom. The number of ether oxygens (including phenoxy) is 4. The molecule has 0 spiro atoms. The van der Waals surface area contributed by atoms with Crippen LogP contribution in [0.2, 0.25) is 0 Å².